The predicted molar refractivity (Wildman–Crippen MR) is 25.0 cm³/mol. The molecule has 8 heavy (non-hydrogen) atoms. The summed E-state index contributed by atoms with van der Waals surface area (Å²) >= 11 is 0. The summed E-state index contributed by atoms with van der Waals surface area (Å²) in [5, 5.41) is 0. The molecule has 0 heterocycles. The van der Waals surface area contributed by atoms with E-state index in [1.165, 1.54) is 0 Å². The quantitative estimate of drug-likeness (QED) is 0.308. The van der Waals surface area contributed by atoms with E-state index in [-0.39, 0.29) is 29.7 Å². The average Bonchev–Trinajstić information content (AvgIpc) is 0.722. The smallest absolute Gasteiger partial charge is 0.412 e. The van der Waals surface area contributed by atoms with E-state index in [4.69, 9.17) is 19.2 Å². The van der Waals surface area contributed by atoms with Crippen molar-refractivity contribution in [2.45, 2.75) is 7.43 Å². The molecule has 0 aromatic carbocycles. The fraction of sp³-hybridized carbons (Fsp3) is 1.00. The van der Waals surface area contributed by atoms with Crippen LogP contribution in [0.3, 0.4) is 0 Å². The molecule has 57 valence electrons. The summed E-state index contributed by atoms with van der Waals surface area (Å²) in [6.07, 6.45) is 0. The van der Waals surface area contributed by atoms with Crippen LogP contribution in [0.15, 0.2) is 0 Å². The van der Waals surface area contributed by atoms with Gasteiger partial charge in [0.15, 0.2) is 0 Å². The van der Waals surface area contributed by atoms with Crippen molar-refractivity contribution in [3.8, 4) is 0 Å². The van der Waals surface area contributed by atoms with Crippen molar-refractivity contribution in [2.24, 2.45) is 0 Å². The molecule has 0 rings (SSSR count). The number of hydrogen-bond acceptors (Lipinski definition) is 4. The van der Waals surface area contributed by atoms with E-state index in [0.717, 1.165) is 0 Å². The van der Waals surface area contributed by atoms with Crippen LogP contribution in [-0.4, -0.2) is 33.7 Å². The normalized spacial score (nSPS) is 7.50. The first-order valence-electron chi connectivity index (χ1n) is 0.894. The van der Waals surface area contributed by atoms with Crippen LogP contribution < -0.4 is 0 Å². The second-order valence-corrected chi connectivity index (χ2v) is 1.80. The Morgan fingerprint density at radius 1 is 0.875 bits per heavy atom. The van der Waals surface area contributed by atoms with Crippen LogP contribution in [0.1, 0.15) is 7.43 Å². The van der Waals surface area contributed by atoms with Crippen molar-refractivity contribution < 1.29 is 41.4 Å². The van der Waals surface area contributed by atoms with Gasteiger partial charge in [-0.25, -0.2) is 0 Å². The Balaban J connectivity index is -0.0000000267. The fourth-order valence-corrected chi connectivity index (χ4v) is 0. The summed E-state index contributed by atoms with van der Waals surface area (Å²) in [6.45, 7) is 0. The van der Waals surface area contributed by atoms with Gasteiger partial charge < -0.3 is 24.7 Å². The van der Waals surface area contributed by atoms with Gasteiger partial charge in [0, 0.05) is 16.8 Å². The van der Waals surface area contributed by atoms with Gasteiger partial charge in [-0.15, -0.1) is 0 Å². The molecule has 5 nitrogen and oxygen atoms in total. The molecule has 0 spiro atoms. The topological polar surface area (TPSA) is 112 Å². The minimum absolute atomic E-state index is 0. The maximum atomic E-state index is 7.33. The van der Waals surface area contributed by atoms with Crippen LogP contribution in [0, 0.1) is 0 Å². The van der Waals surface area contributed by atoms with Gasteiger partial charge in [-0.3, -0.25) is 0 Å². The molecule has 1 radical (unpaired) electrons. The summed E-state index contributed by atoms with van der Waals surface area (Å²) in [6, 6.07) is 0. The van der Waals surface area contributed by atoms with E-state index < -0.39 is 9.05 Å². The Morgan fingerprint density at radius 2 is 0.875 bits per heavy atom. The van der Waals surface area contributed by atoms with Gasteiger partial charge in [0.2, 0.25) is 0 Å². The summed E-state index contributed by atoms with van der Waals surface area (Å²) < 4.78 is 0. The Hall–Kier alpha value is 0.523. The van der Waals surface area contributed by atoms with Gasteiger partial charge in [-0.2, -0.15) is 0 Å². The van der Waals surface area contributed by atoms with E-state index in [0.29, 0.717) is 0 Å². The summed E-state index contributed by atoms with van der Waals surface area (Å²) in [5.41, 5.74) is 0. The average molecular weight is 189 g/mol. The molecule has 0 aliphatic heterocycles. The maximum Gasteiger partial charge on any atom is 0.668 e. The van der Waals surface area contributed by atoms with Crippen molar-refractivity contribution in [3.05, 3.63) is 0 Å². The zero-order valence-corrected chi connectivity index (χ0v) is 5.16. The Bertz CT molecular complexity index is 27.9. The molecule has 0 aromatic rings. The van der Waals surface area contributed by atoms with Crippen LogP contribution in [0.5, 0.6) is 0 Å². The standard InChI is InChI=1S/CH4.Co.H4O4Si.H2O/c;;1-5(2,3)4;/h1H4;;1-4H;1H2. The maximum absolute atomic E-state index is 7.33. The largest absolute Gasteiger partial charge is 0.668 e. The van der Waals surface area contributed by atoms with Crippen LogP contribution in [0.2, 0.25) is 0 Å². The summed E-state index contributed by atoms with van der Waals surface area (Å²) in [5.74, 6) is 0. The predicted octanol–water partition coefficient (Wildman–Crippen LogP) is -2.80. The summed E-state index contributed by atoms with van der Waals surface area (Å²) in [7, 11) is -4.61. The van der Waals surface area contributed by atoms with Crippen molar-refractivity contribution >= 4 is 9.05 Å². The second-order valence-electron chi connectivity index (χ2n) is 0.600. The molecule has 0 unspecified atom stereocenters. The molecule has 0 saturated carbocycles. The Labute approximate surface area is 58.6 Å². The molecule has 0 aromatic heterocycles. The first-order chi connectivity index (χ1) is 2.00. The van der Waals surface area contributed by atoms with Crippen molar-refractivity contribution in [1.82, 2.24) is 0 Å². The molecule has 6 N–H and O–H groups in total. The van der Waals surface area contributed by atoms with Crippen LogP contribution in [0.25, 0.3) is 0 Å². The van der Waals surface area contributed by atoms with E-state index in [2.05, 4.69) is 0 Å². The van der Waals surface area contributed by atoms with E-state index in [9.17, 15) is 0 Å². The zero-order valence-electron chi connectivity index (χ0n) is 3.12. The Kier molecular flexibility index (Phi) is 22.2. The van der Waals surface area contributed by atoms with Gasteiger partial charge in [-0.1, -0.05) is 7.43 Å². The van der Waals surface area contributed by atoms with Gasteiger partial charge in [0.25, 0.3) is 0 Å². The van der Waals surface area contributed by atoms with E-state index in [1.807, 2.05) is 0 Å². The van der Waals surface area contributed by atoms with Gasteiger partial charge in [0.05, 0.1) is 0 Å². The molecule has 7 heteroatoms. The molecule has 0 aliphatic rings. The minimum Gasteiger partial charge on any atom is -0.412 e. The Morgan fingerprint density at radius 3 is 0.875 bits per heavy atom. The van der Waals surface area contributed by atoms with Gasteiger partial charge in [-0.05, 0) is 0 Å². The number of hydrogen-bond donors (Lipinski definition) is 4. The molecule has 0 bridgehead atoms. The third kappa shape index (κ3) is 727. The van der Waals surface area contributed by atoms with Crippen molar-refractivity contribution in [2.75, 3.05) is 0 Å². The van der Waals surface area contributed by atoms with Crippen LogP contribution in [0.4, 0.5) is 0 Å². The molecule has 0 saturated heterocycles. The van der Waals surface area contributed by atoms with Gasteiger partial charge >= 0.3 is 9.05 Å². The second kappa shape index (κ2) is 7.52. The first-order valence-corrected chi connectivity index (χ1v) is 2.68. The van der Waals surface area contributed by atoms with Crippen LogP contribution in [-0.2, 0) is 16.8 Å². The number of rotatable bonds is 0. The fourth-order valence-electron chi connectivity index (χ4n) is 0. The summed E-state index contributed by atoms with van der Waals surface area (Å²) in [4.78, 5) is 29.3. The molecule has 0 aliphatic carbocycles. The van der Waals surface area contributed by atoms with Crippen molar-refractivity contribution in [3.63, 3.8) is 0 Å². The zero-order chi connectivity index (χ0) is 4.50. The SMILES string of the molecule is C.O.O[Si](O)(O)O.[Co]. The first kappa shape index (κ1) is 23.6. The molecule has 0 atom stereocenters. The van der Waals surface area contributed by atoms with Crippen LogP contribution >= 0.6 is 0 Å². The van der Waals surface area contributed by atoms with Crippen molar-refractivity contribution in [1.29, 1.82) is 0 Å². The molecule has 0 amide bonds. The third-order valence-corrected chi connectivity index (χ3v) is 0. The monoisotopic (exact) mass is 189 g/mol. The molecular formula is CH10CoO5Si. The van der Waals surface area contributed by atoms with Gasteiger partial charge in [0.1, 0.15) is 0 Å². The third-order valence-electron chi connectivity index (χ3n) is 0. The van der Waals surface area contributed by atoms with E-state index in [1.54, 1.807) is 0 Å². The minimum atomic E-state index is -4.61. The molecular weight excluding hydrogens is 179 g/mol. The van der Waals surface area contributed by atoms with E-state index >= 15 is 0 Å². The molecule has 0 fully saturated rings.